The van der Waals surface area contributed by atoms with Gasteiger partial charge in [0.25, 0.3) is 5.56 Å². The zero-order chi connectivity index (χ0) is 20.3. The highest BCUT2D eigenvalue weighted by Gasteiger charge is 2.36. The number of hydrogen-bond donors (Lipinski definition) is 1. The normalized spacial score (nSPS) is 20.4. The number of piperidine rings is 1. The molecule has 0 aromatic carbocycles. The maximum absolute atomic E-state index is 12.8. The first-order chi connectivity index (χ1) is 13.4. The van der Waals surface area contributed by atoms with Crippen LogP contribution in [0.5, 0.6) is 0 Å². The van der Waals surface area contributed by atoms with E-state index in [0.717, 1.165) is 12.1 Å². The maximum atomic E-state index is 12.8. The molecule has 0 saturated carbocycles. The van der Waals surface area contributed by atoms with Crippen LogP contribution in [0, 0.1) is 5.92 Å². The van der Waals surface area contributed by atoms with Crippen LogP contribution in [0.1, 0.15) is 18.0 Å². The third kappa shape index (κ3) is 4.56. The lowest BCUT2D eigenvalue weighted by atomic mass is 9.83. The molecule has 1 N–H and O–H groups in total. The Hall–Kier alpha value is -2.33. The Morgan fingerprint density at radius 1 is 1.25 bits per heavy atom. The number of anilines is 1. The summed E-state index contributed by atoms with van der Waals surface area (Å²) in [5, 5.41) is 13.1. The minimum atomic E-state index is -1.36. The largest absolute Gasteiger partial charge is 0.548 e. The average molecular weight is 408 g/mol. The van der Waals surface area contributed by atoms with E-state index in [-0.39, 0.29) is 47.3 Å². The Labute approximate surface area is 166 Å². The van der Waals surface area contributed by atoms with E-state index in [1.54, 1.807) is 15.5 Å². The molecule has 2 bridgehead atoms. The summed E-state index contributed by atoms with van der Waals surface area (Å²) >= 11 is 1.38. The first-order valence-electron chi connectivity index (χ1n) is 8.97. The Morgan fingerprint density at radius 2 is 2.04 bits per heavy atom. The van der Waals surface area contributed by atoms with Gasteiger partial charge < -0.3 is 29.4 Å². The van der Waals surface area contributed by atoms with E-state index in [0.29, 0.717) is 19.6 Å². The number of carboxylic acid groups (broad SMARTS) is 1. The van der Waals surface area contributed by atoms with Crippen LogP contribution >= 0.6 is 11.8 Å². The first kappa shape index (κ1) is 20.4. The molecule has 0 unspecified atom stereocenters. The van der Waals surface area contributed by atoms with Crippen molar-refractivity contribution in [2.75, 3.05) is 43.6 Å². The van der Waals surface area contributed by atoms with E-state index in [4.69, 9.17) is 4.74 Å². The first-order valence-corrected chi connectivity index (χ1v) is 10.4. The fourth-order valence-corrected chi connectivity index (χ4v) is 4.21. The van der Waals surface area contributed by atoms with Crippen molar-refractivity contribution in [3.8, 4) is 0 Å². The average Bonchev–Trinajstić information content (AvgIpc) is 2.64. The quantitative estimate of drug-likeness (QED) is 0.605. The summed E-state index contributed by atoms with van der Waals surface area (Å²) in [6.07, 6.45) is 2.69. The van der Waals surface area contributed by atoms with Crippen LogP contribution in [-0.4, -0.2) is 65.6 Å². The summed E-state index contributed by atoms with van der Waals surface area (Å²) in [5.41, 5.74) is 0.891. The van der Waals surface area contributed by atoms with Crippen LogP contribution < -0.4 is 16.0 Å². The number of thioether (sulfide) groups is 1. The molecular weight excluding hydrogens is 386 g/mol. The molecular formula is C18H22N3O6S-. The van der Waals surface area contributed by atoms with Gasteiger partial charge in [-0.3, -0.25) is 14.4 Å². The number of aliphatic carboxylic acids is 1. The fourth-order valence-electron chi connectivity index (χ4n) is 3.87. The predicted octanol–water partition coefficient (Wildman–Crippen LogP) is -1.14. The Morgan fingerprint density at radius 3 is 2.75 bits per heavy atom. The lowest BCUT2D eigenvalue weighted by molar-refractivity contribution is -0.309. The van der Waals surface area contributed by atoms with E-state index < -0.39 is 12.6 Å². The van der Waals surface area contributed by atoms with Gasteiger partial charge in [-0.25, -0.2) is 0 Å². The summed E-state index contributed by atoms with van der Waals surface area (Å²) < 4.78 is 6.54. The number of amides is 2. The molecule has 3 heterocycles. The minimum Gasteiger partial charge on any atom is -0.548 e. The molecule has 2 amide bonds. The summed E-state index contributed by atoms with van der Waals surface area (Å²) in [4.78, 5) is 48.9. The molecule has 0 spiro atoms. The van der Waals surface area contributed by atoms with Gasteiger partial charge in [0, 0.05) is 31.2 Å². The van der Waals surface area contributed by atoms with Crippen LogP contribution in [0.15, 0.2) is 16.9 Å². The Bertz CT molecular complexity index is 839. The number of ether oxygens (including phenoxy) is 1. The number of hydrogen-bond acceptors (Lipinski definition) is 7. The number of nitrogens with one attached hydrogen (secondary N) is 1. The number of carboxylic acids is 1. The third-order valence-electron chi connectivity index (χ3n) is 4.95. The molecule has 1 saturated heterocycles. The van der Waals surface area contributed by atoms with Crippen molar-refractivity contribution in [3.63, 3.8) is 0 Å². The van der Waals surface area contributed by atoms with Crippen molar-refractivity contribution in [3.05, 3.63) is 28.2 Å². The van der Waals surface area contributed by atoms with Gasteiger partial charge in [-0.1, -0.05) is 0 Å². The zero-order valence-electron chi connectivity index (χ0n) is 15.5. The molecule has 2 aliphatic rings. The van der Waals surface area contributed by atoms with E-state index in [1.165, 1.54) is 11.8 Å². The van der Waals surface area contributed by atoms with Gasteiger partial charge in [0.2, 0.25) is 11.8 Å². The molecule has 9 nitrogen and oxygen atoms in total. The van der Waals surface area contributed by atoms with E-state index in [2.05, 4.69) is 5.32 Å². The van der Waals surface area contributed by atoms with Gasteiger partial charge >= 0.3 is 0 Å². The number of likely N-dealkylation sites (tertiary alicyclic amines) is 1. The number of fused-ring (bicyclic) bond motifs is 4. The van der Waals surface area contributed by atoms with Crippen molar-refractivity contribution < 1.29 is 24.2 Å². The fraction of sp³-hybridized carbons (Fsp3) is 0.556. The molecule has 2 aliphatic heterocycles. The topological polar surface area (TPSA) is 121 Å². The second-order valence-corrected chi connectivity index (χ2v) is 7.90. The zero-order valence-corrected chi connectivity index (χ0v) is 16.3. The smallest absolute Gasteiger partial charge is 0.274 e. The van der Waals surface area contributed by atoms with Gasteiger partial charge in [-0.2, -0.15) is 11.8 Å². The van der Waals surface area contributed by atoms with Crippen LogP contribution in [-0.2, 0) is 25.7 Å². The third-order valence-corrected chi connectivity index (χ3v) is 5.50. The van der Waals surface area contributed by atoms with Crippen LogP contribution in [0.3, 0.4) is 0 Å². The Kier molecular flexibility index (Phi) is 6.40. The van der Waals surface area contributed by atoms with Crippen molar-refractivity contribution >= 4 is 35.2 Å². The molecule has 1 fully saturated rings. The summed E-state index contributed by atoms with van der Waals surface area (Å²) in [6.45, 7) is 0.484. The number of aromatic nitrogens is 1. The van der Waals surface area contributed by atoms with Crippen LogP contribution in [0.4, 0.5) is 5.69 Å². The van der Waals surface area contributed by atoms with Crippen LogP contribution in [0.25, 0.3) is 0 Å². The second kappa shape index (κ2) is 8.78. The molecule has 1 aromatic rings. The monoisotopic (exact) mass is 408 g/mol. The molecule has 10 heteroatoms. The van der Waals surface area contributed by atoms with Crippen LogP contribution in [0.2, 0.25) is 0 Å². The van der Waals surface area contributed by atoms with Crippen molar-refractivity contribution in [2.24, 2.45) is 5.92 Å². The number of nitrogens with zero attached hydrogens (tertiary/aromatic N) is 2. The van der Waals surface area contributed by atoms with Gasteiger partial charge in [-0.15, -0.1) is 0 Å². The molecule has 2 atom stereocenters. The minimum absolute atomic E-state index is 0.0150. The van der Waals surface area contributed by atoms with Gasteiger partial charge in [-0.05, 0) is 30.7 Å². The van der Waals surface area contributed by atoms with Gasteiger partial charge in [0.05, 0.1) is 18.3 Å². The van der Waals surface area contributed by atoms with Crippen molar-refractivity contribution in [2.45, 2.75) is 18.9 Å². The molecule has 0 aliphatic carbocycles. The highest BCUT2D eigenvalue weighted by atomic mass is 32.2. The molecule has 152 valence electrons. The SMILES string of the molecule is CSCC(=O)Nc1ccc2n(c1=O)C[C@H]1C[C@@H]2CN(C(=O)COCC(=O)[O-])C1. The van der Waals surface area contributed by atoms with E-state index in [9.17, 15) is 24.3 Å². The maximum Gasteiger partial charge on any atom is 0.274 e. The molecule has 28 heavy (non-hydrogen) atoms. The predicted molar refractivity (Wildman–Crippen MR) is 101 cm³/mol. The van der Waals surface area contributed by atoms with E-state index >= 15 is 0 Å². The van der Waals surface area contributed by atoms with Crippen molar-refractivity contribution in [1.82, 2.24) is 9.47 Å². The standard InChI is InChI=1S/C18H23N3O6S/c1-28-10-15(22)19-13-2-3-14-12-4-11(6-21(14)18(13)26)5-20(7-12)16(23)8-27-9-17(24)25/h2-3,11-12H,4-10H2,1H3,(H,19,22)(H,24,25)/p-1/t11-,12+/m0/s1. The number of carbonyl (C=O) groups is 3. The van der Waals surface area contributed by atoms with Gasteiger partial charge in [0.1, 0.15) is 12.3 Å². The lowest BCUT2D eigenvalue weighted by Crippen LogP contribution is -2.50. The van der Waals surface area contributed by atoms with E-state index in [1.807, 2.05) is 12.3 Å². The summed E-state index contributed by atoms with van der Waals surface area (Å²) in [5.74, 6) is -1.43. The lowest BCUT2D eigenvalue weighted by Gasteiger charge is -2.42. The molecule has 0 radical (unpaired) electrons. The number of carbonyl (C=O) groups excluding carboxylic acids is 3. The number of pyridine rings is 1. The molecule has 3 rings (SSSR count). The number of rotatable bonds is 7. The molecule has 1 aromatic heterocycles. The second-order valence-electron chi connectivity index (χ2n) is 7.03. The highest BCUT2D eigenvalue weighted by Crippen LogP contribution is 2.35. The van der Waals surface area contributed by atoms with Gasteiger partial charge in [0.15, 0.2) is 0 Å². The summed E-state index contributed by atoms with van der Waals surface area (Å²) in [7, 11) is 0. The summed E-state index contributed by atoms with van der Waals surface area (Å²) in [6, 6.07) is 3.45. The highest BCUT2D eigenvalue weighted by molar-refractivity contribution is 7.99. The Balaban J connectivity index is 1.72. The van der Waals surface area contributed by atoms with Crippen molar-refractivity contribution in [1.29, 1.82) is 0 Å².